The Labute approximate surface area is 193 Å². The van der Waals surface area contributed by atoms with Crippen molar-refractivity contribution in [2.24, 2.45) is 5.73 Å². The van der Waals surface area contributed by atoms with Crippen molar-refractivity contribution in [3.05, 3.63) is 52.1 Å². The van der Waals surface area contributed by atoms with Crippen LogP contribution in [0.4, 0.5) is 17.1 Å². The summed E-state index contributed by atoms with van der Waals surface area (Å²) in [4.78, 5) is 35.2. The van der Waals surface area contributed by atoms with Crippen LogP contribution in [0.5, 0.6) is 5.75 Å². The number of hydrogen-bond acceptors (Lipinski definition) is 8. The molecule has 0 aliphatic rings. The zero-order chi connectivity index (χ0) is 24.2. The molecule has 11 heteroatoms. The summed E-state index contributed by atoms with van der Waals surface area (Å²) in [5.74, 6) is -0.742. The zero-order valence-corrected chi connectivity index (χ0v) is 18.7. The molecule has 1 amide bonds. The third-order valence-corrected chi connectivity index (χ3v) is 4.82. The molecular weight excluding hydrogens is 427 g/mol. The molecule has 0 heterocycles. The fourth-order valence-corrected chi connectivity index (χ4v) is 3.17. The molecule has 0 aliphatic carbocycles. The van der Waals surface area contributed by atoms with Gasteiger partial charge < -0.3 is 26.2 Å². The van der Waals surface area contributed by atoms with E-state index in [1.807, 2.05) is 0 Å². The summed E-state index contributed by atoms with van der Waals surface area (Å²) >= 11 is 0. The van der Waals surface area contributed by atoms with Gasteiger partial charge in [0.15, 0.2) is 0 Å². The molecule has 0 saturated heterocycles. The lowest BCUT2D eigenvalue weighted by Crippen LogP contribution is -2.25. The molecule has 10 nitrogen and oxygen atoms in total. The van der Waals surface area contributed by atoms with Gasteiger partial charge >= 0.3 is 13.5 Å². The number of anilines is 2. The summed E-state index contributed by atoms with van der Waals surface area (Å²) < 4.78 is 10.7. The number of amides is 1. The molecule has 5 N–H and O–H groups in total. The number of benzene rings is 2. The molecule has 2 aromatic rings. The van der Waals surface area contributed by atoms with Crippen molar-refractivity contribution in [3.63, 3.8) is 0 Å². The molecule has 0 aliphatic heterocycles. The first kappa shape index (κ1) is 25.8. The molecule has 0 fully saturated rings. The Morgan fingerprint density at radius 3 is 2.58 bits per heavy atom. The van der Waals surface area contributed by atoms with E-state index in [2.05, 4.69) is 12.2 Å². The number of unbranched alkanes of at least 4 members (excludes halogenated alkanes) is 4. The Hall–Kier alpha value is -3.44. The van der Waals surface area contributed by atoms with Gasteiger partial charge in [-0.05, 0) is 36.1 Å². The Kier molecular flexibility index (Phi) is 10.3. The summed E-state index contributed by atoms with van der Waals surface area (Å²) in [6, 6.07) is 8.29. The van der Waals surface area contributed by atoms with Crippen molar-refractivity contribution < 1.29 is 23.9 Å². The van der Waals surface area contributed by atoms with E-state index in [0.29, 0.717) is 17.6 Å². The van der Waals surface area contributed by atoms with Crippen LogP contribution in [0, 0.1) is 10.1 Å². The van der Waals surface area contributed by atoms with Gasteiger partial charge in [-0.2, -0.15) is 0 Å². The van der Waals surface area contributed by atoms with E-state index in [-0.39, 0.29) is 42.8 Å². The van der Waals surface area contributed by atoms with E-state index in [4.69, 9.17) is 20.9 Å². The van der Waals surface area contributed by atoms with Crippen LogP contribution < -0.4 is 27.0 Å². The fourth-order valence-electron chi connectivity index (χ4n) is 3.17. The SMILES string of the molecule is CCCCCCCC(=O)Nc1ccc(OC(=O)c2cc(N)cc([N+](=O)[O-])c2)c(BOCN)c1. The Morgan fingerprint density at radius 2 is 1.88 bits per heavy atom. The number of hydrogen-bond donors (Lipinski definition) is 3. The van der Waals surface area contributed by atoms with Crippen molar-refractivity contribution in [3.8, 4) is 5.75 Å². The molecule has 2 rings (SSSR count). The van der Waals surface area contributed by atoms with Gasteiger partial charge in [-0.25, -0.2) is 4.79 Å². The molecule has 0 bridgehead atoms. The predicted octanol–water partition coefficient (Wildman–Crippen LogP) is 2.60. The van der Waals surface area contributed by atoms with E-state index in [1.54, 1.807) is 12.1 Å². The van der Waals surface area contributed by atoms with E-state index in [9.17, 15) is 19.7 Å². The largest absolute Gasteiger partial charge is 0.423 e. The summed E-state index contributed by atoms with van der Waals surface area (Å²) in [5, 5.41) is 13.9. The maximum atomic E-state index is 12.6. The van der Waals surface area contributed by atoms with E-state index < -0.39 is 10.9 Å². The first-order valence-corrected chi connectivity index (χ1v) is 10.8. The maximum Gasteiger partial charge on any atom is 0.343 e. The lowest BCUT2D eigenvalue weighted by atomic mass is 9.86. The number of rotatable bonds is 13. The lowest BCUT2D eigenvalue weighted by Gasteiger charge is -2.13. The fraction of sp³-hybridized carbons (Fsp3) is 0.364. The van der Waals surface area contributed by atoms with Crippen molar-refractivity contribution in [1.29, 1.82) is 0 Å². The van der Waals surface area contributed by atoms with Crippen molar-refractivity contribution >= 4 is 41.9 Å². The second-order valence-corrected chi connectivity index (χ2v) is 7.51. The normalized spacial score (nSPS) is 10.5. The zero-order valence-electron chi connectivity index (χ0n) is 18.7. The second-order valence-electron chi connectivity index (χ2n) is 7.51. The van der Waals surface area contributed by atoms with Gasteiger partial charge in [-0.3, -0.25) is 14.9 Å². The Morgan fingerprint density at radius 1 is 1.12 bits per heavy atom. The first-order valence-electron chi connectivity index (χ1n) is 10.8. The second kappa shape index (κ2) is 13.2. The average molecular weight is 456 g/mol. The molecule has 2 aromatic carbocycles. The third kappa shape index (κ3) is 8.55. The van der Waals surface area contributed by atoms with E-state index >= 15 is 0 Å². The smallest absolute Gasteiger partial charge is 0.343 e. The highest BCUT2D eigenvalue weighted by atomic mass is 16.6. The summed E-state index contributed by atoms with van der Waals surface area (Å²) in [7, 11) is 0.0386. The van der Waals surface area contributed by atoms with E-state index in [0.717, 1.165) is 44.2 Å². The van der Waals surface area contributed by atoms with E-state index in [1.165, 1.54) is 12.1 Å². The van der Waals surface area contributed by atoms with Crippen LogP contribution in [0.15, 0.2) is 36.4 Å². The van der Waals surface area contributed by atoms with Crippen LogP contribution >= 0.6 is 0 Å². The van der Waals surface area contributed by atoms with Crippen molar-refractivity contribution in [2.75, 3.05) is 17.8 Å². The molecule has 0 atom stereocenters. The van der Waals surface area contributed by atoms with Crippen LogP contribution in [0.2, 0.25) is 0 Å². The predicted molar refractivity (Wildman–Crippen MR) is 128 cm³/mol. The van der Waals surface area contributed by atoms with Gasteiger partial charge in [0, 0.05) is 29.9 Å². The van der Waals surface area contributed by atoms with Gasteiger partial charge in [0.05, 0.1) is 17.2 Å². The maximum absolute atomic E-state index is 12.6. The number of nitrogen functional groups attached to an aromatic ring is 1. The van der Waals surface area contributed by atoms with Gasteiger partial charge in [-0.15, -0.1) is 0 Å². The third-order valence-electron chi connectivity index (χ3n) is 4.82. The van der Waals surface area contributed by atoms with Crippen molar-refractivity contribution in [1.82, 2.24) is 0 Å². The van der Waals surface area contributed by atoms with Gasteiger partial charge in [-0.1, -0.05) is 32.6 Å². The van der Waals surface area contributed by atoms with Crippen LogP contribution in [-0.4, -0.2) is 31.0 Å². The number of nitrogens with one attached hydrogen (secondary N) is 1. The van der Waals surface area contributed by atoms with Crippen molar-refractivity contribution in [2.45, 2.75) is 45.4 Å². The molecule has 0 unspecified atom stereocenters. The number of nitrogens with zero attached hydrogens (tertiary/aromatic N) is 1. The molecule has 176 valence electrons. The standard InChI is InChI=1S/C22H29BN4O6/c1-2-3-4-5-6-7-21(28)26-17-8-9-20(19(13-17)23-32-14-24)33-22(29)15-10-16(25)12-18(11-15)27(30)31/h8-13,23H,2-7,14,24-25H2,1H3,(H,26,28). The molecule has 0 aromatic heterocycles. The number of carbonyl (C=O) groups excluding carboxylic acids is 2. The minimum Gasteiger partial charge on any atom is -0.423 e. The highest BCUT2D eigenvalue weighted by molar-refractivity contribution is 6.48. The number of esters is 1. The molecule has 0 spiro atoms. The topological polar surface area (TPSA) is 160 Å². The number of non-ortho nitro benzene ring substituents is 1. The average Bonchev–Trinajstić information content (AvgIpc) is 2.78. The molecule has 0 saturated carbocycles. The lowest BCUT2D eigenvalue weighted by molar-refractivity contribution is -0.384. The van der Waals surface area contributed by atoms with Gasteiger partial charge in [0.1, 0.15) is 5.75 Å². The number of nitrogens with two attached hydrogens (primary N) is 2. The first-order chi connectivity index (χ1) is 15.8. The van der Waals surface area contributed by atoms with Gasteiger partial charge in [0.2, 0.25) is 5.91 Å². The van der Waals surface area contributed by atoms with Gasteiger partial charge in [0.25, 0.3) is 5.69 Å². The number of carbonyl (C=O) groups is 2. The minimum absolute atomic E-state index is 0.0386. The number of ether oxygens (including phenoxy) is 1. The highest BCUT2D eigenvalue weighted by Crippen LogP contribution is 2.21. The Balaban J connectivity index is 2.11. The minimum atomic E-state index is -0.816. The summed E-state index contributed by atoms with van der Waals surface area (Å²) in [5.41, 5.74) is 11.8. The number of nitro groups is 1. The Bertz CT molecular complexity index is 985. The molecule has 33 heavy (non-hydrogen) atoms. The monoisotopic (exact) mass is 456 g/mol. The summed E-state index contributed by atoms with van der Waals surface area (Å²) in [6.07, 6.45) is 5.66. The quantitative estimate of drug-likeness (QED) is 0.0606. The summed E-state index contributed by atoms with van der Waals surface area (Å²) in [6.45, 7) is 2.09. The molecule has 0 radical (unpaired) electrons. The highest BCUT2D eigenvalue weighted by Gasteiger charge is 2.18. The van der Waals surface area contributed by atoms with Crippen LogP contribution in [-0.2, 0) is 9.45 Å². The number of nitro benzene ring substituents is 1. The van der Waals surface area contributed by atoms with Crippen LogP contribution in [0.3, 0.4) is 0 Å². The molecular formula is C22H29BN4O6. The van der Waals surface area contributed by atoms with Crippen LogP contribution in [0.1, 0.15) is 55.8 Å². The van der Waals surface area contributed by atoms with Crippen LogP contribution in [0.25, 0.3) is 0 Å².